The lowest BCUT2D eigenvalue weighted by Crippen LogP contribution is -2.59. The first-order valence-corrected chi connectivity index (χ1v) is 11.9. The maximum Gasteiger partial charge on any atom is 0.309 e. The van der Waals surface area contributed by atoms with Crippen LogP contribution in [0.15, 0.2) is 11.6 Å². The van der Waals surface area contributed by atoms with Crippen LogP contribution < -0.4 is 0 Å². The van der Waals surface area contributed by atoms with Crippen molar-refractivity contribution in [3.63, 3.8) is 0 Å². The zero-order valence-corrected chi connectivity index (χ0v) is 19.5. The van der Waals surface area contributed by atoms with Crippen LogP contribution >= 0.6 is 0 Å². The van der Waals surface area contributed by atoms with Gasteiger partial charge in [-0.1, -0.05) is 40.2 Å². The number of ether oxygens (including phenoxy) is 1. The van der Waals surface area contributed by atoms with Crippen LogP contribution in [-0.2, 0) is 19.1 Å². The quantitative estimate of drug-likeness (QED) is 0.589. The minimum absolute atomic E-state index is 0.0128. The Hall–Kier alpha value is -1.45. The molecule has 0 aliphatic heterocycles. The molecular formula is C26H38O4. The summed E-state index contributed by atoms with van der Waals surface area (Å²) < 4.78 is 6.10. The van der Waals surface area contributed by atoms with Gasteiger partial charge in [-0.3, -0.25) is 14.4 Å². The van der Waals surface area contributed by atoms with E-state index in [-0.39, 0.29) is 34.3 Å². The molecule has 3 saturated carbocycles. The SMILES string of the molecule is CC(=O)[C@@]1(OC(=O)C(C)C)CC[C@H]2[C@@H]3C[C@H](C)C4=CC(=O)CC[C@]4(C)[C@H]3CC[C@@]21C. The molecule has 4 heteroatoms. The van der Waals surface area contributed by atoms with E-state index >= 15 is 0 Å². The molecule has 0 radical (unpaired) electrons. The number of carbonyl (C=O) groups excluding carboxylic acids is 3. The Morgan fingerprint density at radius 1 is 1.10 bits per heavy atom. The Kier molecular flexibility index (Phi) is 5.10. The van der Waals surface area contributed by atoms with E-state index in [4.69, 9.17) is 4.74 Å². The monoisotopic (exact) mass is 414 g/mol. The number of allylic oxidation sites excluding steroid dienone is 1. The van der Waals surface area contributed by atoms with E-state index < -0.39 is 5.60 Å². The van der Waals surface area contributed by atoms with Gasteiger partial charge in [0.25, 0.3) is 0 Å². The molecule has 0 N–H and O–H groups in total. The smallest absolute Gasteiger partial charge is 0.309 e. The predicted molar refractivity (Wildman–Crippen MR) is 116 cm³/mol. The highest BCUT2D eigenvalue weighted by Crippen LogP contribution is 2.69. The van der Waals surface area contributed by atoms with Crippen LogP contribution in [0, 0.1) is 40.4 Å². The summed E-state index contributed by atoms with van der Waals surface area (Å²) in [5.41, 5.74) is 0.179. The molecular weight excluding hydrogens is 376 g/mol. The maximum absolute atomic E-state index is 13.0. The fraction of sp³-hybridized carbons (Fsp3) is 0.808. The minimum Gasteiger partial charge on any atom is -0.450 e. The van der Waals surface area contributed by atoms with Gasteiger partial charge in [0.1, 0.15) is 0 Å². The van der Waals surface area contributed by atoms with E-state index in [2.05, 4.69) is 20.8 Å². The molecule has 30 heavy (non-hydrogen) atoms. The van der Waals surface area contributed by atoms with Gasteiger partial charge in [0.05, 0.1) is 5.92 Å². The second kappa shape index (κ2) is 7.03. The van der Waals surface area contributed by atoms with Crippen molar-refractivity contribution in [1.29, 1.82) is 0 Å². The van der Waals surface area contributed by atoms with E-state index in [1.54, 1.807) is 6.92 Å². The van der Waals surface area contributed by atoms with Crippen molar-refractivity contribution >= 4 is 17.5 Å². The van der Waals surface area contributed by atoms with Crippen LogP contribution in [0.5, 0.6) is 0 Å². The summed E-state index contributed by atoms with van der Waals surface area (Å²) in [6, 6.07) is 0. The van der Waals surface area contributed by atoms with Gasteiger partial charge in [-0.2, -0.15) is 0 Å². The van der Waals surface area contributed by atoms with Gasteiger partial charge in [0.15, 0.2) is 17.2 Å². The van der Waals surface area contributed by atoms with Gasteiger partial charge in [0.2, 0.25) is 0 Å². The van der Waals surface area contributed by atoms with E-state index in [0.29, 0.717) is 36.5 Å². The molecule has 0 aromatic carbocycles. The molecule has 0 bridgehead atoms. The minimum atomic E-state index is -0.979. The number of Topliss-reactive ketones (excluding diaryl/α,β-unsaturated/α-hetero) is 1. The van der Waals surface area contributed by atoms with Crippen molar-refractivity contribution in [2.24, 2.45) is 40.4 Å². The first-order valence-electron chi connectivity index (χ1n) is 11.9. The fourth-order valence-electron chi connectivity index (χ4n) is 8.09. The summed E-state index contributed by atoms with van der Waals surface area (Å²) in [5, 5.41) is 0. The number of fused-ring (bicyclic) bond motifs is 5. The van der Waals surface area contributed by atoms with E-state index in [1.165, 1.54) is 5.57 Å². The van der Waals surface area contributed by atoms with Crippen molar-refractivity contribution in [3.8, 4) is 0 Å². The molecule has 166 valence electrons. The Labute approximate surface area is 181 Å². The summed E-state index contributed by atoms with van der Waals surface area (Å²) in [5.74, 6) is 1.66. The highest BCUT2D eigenvalue weighted by Gasteiger charge is 2.68. The van der Waals surface area contributed by atoms with Crippen LogP contribution in [0.25, 0.3) is 0 Å². The Bertz CT molecular complexity index is 810. The van der Waals surface area contributed by atoms with Crippen molar-refractivity contribution in [1.82, 2.24) is 0 Å². The molecule has 7 atom stereocenters. The van der Waals surface area contributed by atoms with Crippen molar-refractivity contribution < 1.29 is 19.1 Å². The number of hydrogen-bond donors (Lipinski definition) is 0. The molecule has 0 unspecified atom stereocenters. The zero-order chi connectivity index (χ0) is 22.1. The molecule has 0 spiro atoms. The van der Waals surface area contributed by atoms with Crippen molar-refractivity contribution in [3.05, 3.63) is 11.6 Å². The van der Waals surface area contributed by atoms with Gasteiger partial charge >= 0.3 is 5.97 Å². The van der Waals surface area contributed by atoms with E-state index in [9.17, 15) is 14.4 Å². The summed E-state index contributed by atoms with van der Waals surface area (Å²) in [4.78, 5) is 37.8. The number of carbonyl (C=O) groups is 3. The molecule has 3 fully saturated rings. The van der Waals surface area contributed by atoms with Crippen LogP contribution in [-0.4, -0.2) is 23.1 Å². The van der Waals surface area contributed by atoms with Crippen LogP contribution in [0.4, 0.5) is 0 Å². The van der Waals surface area contributed by atoms with Crippen LogP contribution in [0.3, 0.4) is 0 Å². The number of ketones is 2. The largest absolute Gasteiger partial charge is 0.450 e. The van der Waals surface area contributed by atoms with Gasteiger partial charge < -0.3 is 4.74 Å². The second-order valence-corrected chi connectivity index (χ2v) is 11.5. The summed E-state index contributed by atoms with van der Waals surface area (Å²) in [6.07, 6.45) is 8.19. The van der Waals surface area contributed by atoms with Gasteiger partial charge in [-0.25, -0.2) is 0 Å². The highest BCUT2D eigenvalue weighted by molar-refractivity contribution is 5.92. The zero-order valence-electron chi connectivity index (χ0n) is 19.5. The predicted octanol–water partition coefficient (Wildman–Crippen LogP) is 5.29. The molecule has 0 heterocycles. The van der Waals surface area contributed by atoms with Crippen molar-refractivity contribution in [2.75, 3.05) is 0 Å². The standard InChI is InChI=1S/C26H38O4/c1-15(2)23(29)30-26(17(4)27)12-9-21-19-13-16(3)22-14-18(28)7-10-24(22,5)20(19)8-11-25(21,26)6/h14-16,19-21H,7-13H2,1-6H3/t16-,19+,20-,21-,24+,25-,26-/m0/s1. The Morgan fingerprint density at radius 2 is 1.77 bits per heavy atom. The van der Waals surface area contributed by atoms with Gasteiger partial charge in [-0.15, -0.1) is 0 Å². The lowest BCUT2D eigenvalue weighted by molar-refractivity contribution is -0.192. The Morgan fingerprint density at radius 3 is 2.40 bits per heavy atom. The molecule has 0 aromatic heterocycles. The number of rotatable bonds is 3. The summed E-state index contributed by atoms with van der Waals surface area (Å²) in [7, 11) is 0. The first kappa shape index (κ1) is 21.8. The molecule has 4 aliphatic carbocycles. The van der Waals surface area contributed by atoms with E-state index in [0.717, 1.165) is 32.1 Å². The topological polar surface area (TPSA) is 60.4 Å². The Balaban J connectivity index is 1.71. The molecule has 4 rings (SSSR count). The summed E-state index contributed by atoms with van der Waals surface area (Å²) in [6.45, 7) is 12.2. The average Bonchev–Trinajstić information content (AvgIpc) is 2.97. The third-order valence-electron chi connectivity index (χ3n) is 9.71. The molecule has 0 amide bonds. The number of esters is 1. The molecule has 4 aliphatic rings. The maximum atomic E-state index is 13.0. The molecule has 0 aromatic rings. The van der Waals surface area contributed by atoms with Gasteiger partial charge in [0, 0.05) is 11.8 Å². The van der Waals surface area contributed by atoms with E-state index in [1.807, 2.05) is 19.9 Å². The first-order chi connectivity index (χ1) is 14.0. The second-order valence-electron chi connectivity index (χ2n) is 11.5. The third kappa shape index (κ3) is 2.81. The lowest BCUT2D eigenvalue weighted by atomic mass is 9.44. The van der Waals surface area contributed by atoms with Crippen molar-refractivity contribution in [2.45, 2.75) is 92.1 Å². The summed E-state index contributed by atoms with van der Waals surface area (Å²) >= 11 is 0. The normalized spacial score (nSPS) is 45.3. The molecule has 4 nitrogen and oxygen atoms in total. The third-order valence-corrected chi connectivity index (χ3v) is 9.71. The van der Waals surface area contributed by atoms with Crippen LogP contribution in [0.2, 0.25) is 0 Å². The average molecular weight is 415 g/mol. The van der Waals surface area contributed by atoms with Gasteiger partial charge in [-0.05, 0) is 80.6 Å². The fourth-order valence-corrected chi connectivity index (χ4v) is 8.09. The number of hydrogen-bond acceptors (Lipinski definition) is 4. The van der Waals surface area contributed by atoms with Crippen LogP contribution in [0.1, 0.15) is 86.5 Å². The molecule has 0 saturated heterocycles. The lowest BCUT2D eigenvalue weighted by Gasteiger charge is -2.60. The highest BCUT2D eigenvalue weighted by atomic mass is 16.6.